The van der Waals surface area contributed by atoms with Gasteiger partial charge in [0.15, 0.2) is 46.0 Å². The van der Waals surface area contributed by atoms with Crippen LogP contribution in [0.3, 0.4) is 0 Å². The topological polar surface area (TPSA) is 149 Å². The lowest BCUT2D eigenvalue weighted by molar-refractivity contribution is 0.00311. The highest BCUT2D eigenvalue weighted by atomic mass is 16.6. The van der Waals surface area contributed by atoms with Gasteiger partial charge in [-0.1, -0.05) is 24.3 Å². The number of benzene rings is 4. The van der Waals surface area contributed by atoms with Crippen molar-refractivity contribution in [2.75, 3.05) is 35.0 Å². The molecule has 3 aliphatic heterocycles. The molecule has 11 heteroatoms. The molecule has 8 rings (SSSR count). The van der Waals surface area contributed by atoms with Crippen LogP contribution in [0.25, 0.3) is 0 Å². The van der Waals surface area contributed by atoms with Gasteiger partial charge in [-0.3, -0.25) is 0 Å². The summed E-state index contributed by atoms with van der Waals surface area (Å²) in [6.45, 7) is 0.444. The maximum absolute atomic E-state index is 11.0. The van der Waals surface area contributed by atoms with Crippen molar-refractivity contribution >= 4 is 0 Å². The molecule has 0 amide bonds. The zero-order valence-corrected chi connectivity index (χ0v) is 28.7. The number of ether oxygens (including phenoxy) is 7. The first kappa shape index (κ1) is 33.1. The largest absolute Gasteiger partial charge is 0.504 e. The Labute approximate surface area is 295 Å². The van der Waals surface area contributed by atoms with E-state index in [-0.39, 0.29) is 23.0 Å². The van der Waals surface area contributed by atoms with E-state index in [4.69, 9.17) is 33.2 Å². The number of phenolic OH excluding ortho intramolecular Hbond substituents is 4. The van der Waals surface area contributed by atoms with E-state index >= 15 is 0 Å². The summed E-state index contributed by atoms with van der Waals surface area (Å²) in [5.41, 5.74) is 4.05. The van der Waals surface area contributed by atoms with E-state index in [9.17, 15) is 20.4 Å². The molecule has 6 atom stereocenters. The normalized spacial score (nSPS) is 27.8. The molecule has 51 heavy (non-hydrogen) atoms. The minimum absolute atomic E-state index is 0.00425. The van der Waals surface area contributed by atoms with E-state index < -0.39 is 35.4 Å². The quantitative estimate of drug-likeness (QED) is 0.110. The Balaban J connectivity index is 1.29. The first-order valence-electron chi connectivity index (χ1n) is 16.8. The summed E-state index contributed by atoms with van der Waals surface area (Å²) in [5, 5.41) is 42.3. The van der Waals surface area contributed by atoms with Crippen molar-refractivity contribution in [2.45, 2.75) is 49.3 Å². The van der Waals surface area contributed by atoms with Gasteiger partial charge in [-0.15, -0.1) is 0 Å². The van der Waals surface area contributed by atoms with Gasteiger partial charge in [0.1, 0.15) is 23.9 Å². The number of rotatable bonds is 8. The van der Waals surface area contributed by atoms with Gasteiger partial charge in [-0.05, 0) is 101 Å². The van der Waals surface area contributed by atoms with Gasteiger partial charge in [-0.2, -0.15) is 0 Å². The average Bonchev–Trinajstić information content (AvgIpc) is 3.81. The number of fused-ring (bicyclic) bond motifs is 1. The Bertz CT molecular complexity index is 2040. The molecule has 266 valence electrons. The van der Waals surface area contributed by atoms with E-state index in [0.29, 0.717) is 48.9 Å². The van der Waals surface area contributed by atoms with E-state index in [1.165, 1.54) is 28.4 Å². The Hall–Kier alpha value is -5.10. The molecular weight excluding hydrogens is 656 g/mol. The number of methoxy groups -OCH3 is 4. The molecule has 2 fully saturated rings. The maximum Gasteiger partial charge on any atom is 0.160 e. The number of phenols is 4. The fraction of sp³-hybridized carbons (Fsp3) is 0.350. The maximum atomic E-state index is 11.0. The van der Waals surface area contributed by atoms with Crippen LogP contribution < -0.4 is 18.9 Å². The zero-order chi connectivity index (χ0) is 35.7. The van der Waals surface area contributed by atoms with Crippen molar-refractivity contribution < 1.29 is 53.6 Å². The summed E-state index contributed by atoms with van der Waals surface area (Å²) in [6, 6.07) is 21.1. The van der Waals surface area contributed by atoms with Gasteiger partial charge >= 0.3 is 0 Å². The van der Waals surface area contributed by atoms with Crippen molar-refractivity contribution in [3.63, 3.8) is 0 Å². The Kier molecular flexibility index (Phi) is 7.97. The second-order valence-electron chi connectivity index (χ2n) is 13.6. The van der Waals surface area contributed by atoms with Crippen LogP contribution >= 0.6 is 0 Å². The Morgan fingerprint density at radius 3 is 1.57 bits per heavy atom. The third-order valence-electron chi connectivity index (χ3n) is 11.2. The summed E-state index contributed by atoms with van der Waals surface area (Å²) in [7, 11) is 6.05. The average molecular weight is 697 g/mol. The number of aromatic hydroxyl groups is 4. The van der Waals surface area contributed by atoms with Crippen molar-refractivity contribution in [2.24, 2.45) is 5.41 Å². The van der Waals surface area contributed by atoms with Crippen LogP contribution in [0.4, 0.5) is 0 Å². The lowest BCUT2D eigenvalue weighted by Crippen LogP contribution is -2.42. The van der Waals surface area contributed by atoms with Crippen LogP contribution in [0.15, 0.2) is 83.9 Å². The van der Waals surface area contributed by atoms with Crippen LogP contribution in [0.1, 0.15) is 65.9 Å². The lowest BCUT2D eigenvalue weighted by Gasteiger charge is -2.42. The van der Waals surface area contributed by atoms with Gasteiger partial charge in [0.25, 0.3) is 0 Å². The molecule has 4 N–H and O–H groups in total. The smallest absolute Gasteiger partial charge is 0.160 e. The molecule has 3 heterocycles. The fourth-order valence-electron chi connectivity index (χ4n) is 8.63. The summed E-state index contributed by atoms with van der Waals surface area (Å²) in [5.74, 6) is 1.45. The highest BCUT2D eigenvalue weighted by molar-refractivity contribution is 5.52. The highest BCUT2D eigenvalue weighted by Gasteiger charge is 2.75. The van der Waals surface area contributed by atoms with Crippen LogP contribution in [-0.2, 0) is 14.2 Å². The molecule has 4 aliphatic rings. The summed E-state index contributed by atoms with van der Waals surface area (Å²) in [6.07, 6.45) is -0.122. The van der Waals surface area contributed by atoms with Crippen molar-refractivity contribution in [3.05, 3.63) is 106 Å². The fourth-order valence-corrected chi connectivity index (χ4v) is 8.63. The van der Waals surface area contributed by atoms with E-state index in [1.54, 1.807) is 48.5 Å². The molecule has 0 radical (unpaired) electrons. The highest BCUT2D eigenvalue weighted by Crippen LogP contribution is 2.74. The van der Waals surface area contributed by atoms with E-state index in [2.05, 4.69) is 0 Å². The summed E-state index contributed by atoms with van der Waals surface area (Å²) in [4.78, 5) is 0. The molecule has 11 nitrogen and oxygen atoms in total. The minimum Gasteiger partial charge on any atom is -0.504 e. The predicted molar refractivity (Wildman–Crippen MR) is 184 cm³/mol. The third-order valence-corrected chi connectivity index (χ3v) is 11.2. The second kappa shape index (κ2) is 12.3. The zero-order valence-electron chi connectivity index (χ0n) is 28.7. The molecule has 0 aromatic heterocycles. The first-order chi connectivity index (χ1) is 24.7. The summed E-state index contributed by atoms with van der Waals surface area (Å²) >= 11 is 0. The van der Waals surface area contributed by atoms with Gasteiger partial charge in [0, 0.05) is 5.41 Å². The van der Waals surface area contributed by atoms with Crippen molar-refractivity contribution in [1.29, 1.82) is 0 Å². The van der Waals surface area contributed by atoms with Crippen molar-refractivity contribution in [1.82, 2.24) is 0 Å². The van der Waals surface area contributed by atoms with Crippen molar-refractivity contribution in [3.8, 4) is 46.0 Å². The van der Waals surface area contributed by atoms with Gasteiger partial charge in [-0.25, -0.2) is 0 Å². The van der Waals surface area contributed by atoms with E-state index in [0.717, 1.165) is 33.4 Å². The number of hydrogen-bond acceptors (Lipinski definition) is 11. The molecular formula is C40H40O11. The molecule has 2 saturated heterocycles. The van der Waals surface area contributed by atoms with Crippen LogP contribution in [0, 0.1) is 5.41 Å². The van der Waals surface area contributed by atoms with Gasteiger partial charge in [0.2, 0.25) is 0 Å². The molecule has 0 unspecified atom stereocenters. The third kappa shape index (κ3) is 5.05. The minimum atomic E-state index is -0.745. The summed E-state index contributed by atoms with van der Waals surface area (Å²) < 4.78 is 42.4. The standard InChI is InChI=1S/C40H40O11/c1-45-31-12-8-23(15-30(31)44)37-39(40(20-49-40)38(51-37)24-7-11-29(43)34(18-24)48-4)14-13-25-26(19-39)36(22-6-10-28(42)33(17-22)47-3)50-35(25)21-5-9-27(41)32(16-21)46-2/h5-12,15-18,35-38,41-44H,13-14,19-20H2,1-4H3/t35-,36+,37-,38+,39-,40+/m0/s1. The lowest BCUT2D eigenvalue weighted by atomic mass is 9.59. The number of epoxide rings is 1. The first-order valence-corrected chi connectivity index (χ1v) is 16.8. The predicted octanol–water partition coefficient (Wildman–Crippen LogP) is 7.10. The molecule has 4 aromatic rings. The Morgan fingerprint density at radius 1 is 0.549 bits per heavy atom. The molecule has 1 aliphatic carbocycles. The molecule has 2 spiro atoms. The molecule has 0 bridgehead atoms. The molecule has 0 saturated carbocycles. The number of hydrogen-bond donors (Lipinski definition) is 4. The van der Waals surface area contributed by atoms with Crippen LogP contribution in [-0.4, -0.2) is 61.1 Å². The van der Waals surface area contributed by atoms with E-state index in [1.807, 2.05) is 24.3 Å². The van der Waals surface area contributed by atoms with Gasteiger partial charge in [0.05, 0.1) is 41.2 Å². The second-order valence-corrected chi connectivity index (χ2v) is 13.6. The van der Waals surface area contributed by atoms with Crippen LogP contribution in [0.5, 0.6) is 46.0 Å². The van der Waals surface area contributed by atoms with Crippen LogP contribution in [0.2, 0.25) is 0 Å². The Morgan fingerprint density at radius 2 is 1.04 bits per heavy atom. The van der Waals surface area contributed by atoms with Gasteiger partial charge < -0.3 is 53.6 Å². The monoisotopic (exact) mass is 696 g/mol. The SMILES string of the molecule is COc1ccc([C@@H]2O[C@H](c3ccc(O)c(OC)c3)[C@]3(CO3)[C@]23CCC2=C(C3)[C@@H](c3ccc(O)c(OC)c3)O[C@H]2c2ccc(O)c(OC)c2)cc1O. The molecule has 4 aromatic carbocycles.